The number of hydrogen-bond acceptors (Lipinski definition) is 9. The molecular weight excluding hydrogens is 719 g/mol. The van der Waals surface area contributed by atoms with Gasteiger partial charge in [-0.3, -0.25) is 18.6 Å². The molecule has 0 saturated carbocycles. The van der Waals surface area contributed by atoms with Gasteiger partial charge in [0.15, 0.2) is 6.10 Å². The molecule has 0 amide bonds. The van der Waals surface area contributed by atoms with Crippen LogP contribution in [0.5, 0.6) is 0 Å². The highest BCUT2D eigenvalue weighted by atomic mass is 31.2. The molecule has 0 aromatic carbocycles. The Morgan fingerprint density at radius 3 is 1.55 bits per heavy atom. The summed E-state index contributed by atoms with van der Waals surface area (Å²) in [6, 6.07) is 0. The number of ether oxygens (including phenoxy) is 2. The number of phosphoric acid groups is 1. The molecule has 0 aliphatic rings. The highest BCUT2D eigenvalue weighted by Crippen LogP contribution is 2.43. The van der Waals surface area contributed by atoms with Crippen LogP contribution in [-0.4, -0.2) is 65.7 Å². The fraction of sp³-hybridized carbons (Fsp3) is 0.773. The van der Waals surface area contributed by atoms with E-state index in [1.165, 1.54) is 77.0 Å². The number of aliphatic hydroxyl groups excluding tert-OH is 2. The Bertz CT molecular complexity index is 1060. The van der Waals surface area contributed by atoms with Crippen molar-refractivity contribution in [2.24, 2.45) is 0 Å². The van der Waals surface area contributed by atoms with Gasteiger partial charge in [-0.1, -0.05) is 159 Å². The first-order chi connectivity index (χ1) is 26.7. The van der Waals surface area contributed by atoms with Gasteiger partial charge in [0.2, 0.25) is 0 Å². The van der Waals surface area contributed by atoms with Crippen molar-refractivity contribution in [3.63, 3.8) is 0 Å². The predicted octanol–water partition coefficient (Wildman–Crippen LogP) is 11.3. The van der Waals surface area contributed by atoms with Crippen molar-refractivity contribution in [2.45, 2.75) is 193 Å². The number of phosphoric ester groups is 1. The SMILES string of the molecule is CC/C=C/C=C/C=C/CCCCCCCC(=O)OC(COC(=O)CCCCCCCCC/C=C/CCCCCCCCCC)COP(=O)(O)OC[C@H](O)CO. The maximum absolute atomic E-state index is 12.6. The van der Waals surface area contributed by atoms with Crippen molar-refractivity contribution >= 4 is 19.8 Å². The van der Waals surface area contributed by atoms with Gasteiger partial charge in [-0.2, -0.15) is 0 Å². The zero-order chi connectivity index (χ0) is 40.5. The van der Waals surface area contributed by atoms with E-state index >= 15 is 0 Å². The first-order valence-corrected chi connectivity index (χ1v) is 23.1. The lowest BCUT2D eigenvalue weighted by atomic mass is 10.1. The summed E-state index contributed by atoms with van der Waals surface area (Å²) in [5.41, 5.74) is 0. The molecule has 11 heteroatoms. The Morgan fingerprint density at radius 1 is 0.564 bits per heavy atom. The van der Waals surface area contributed by atoms with Gasteiger partial charge in [0.1, 0.15) is 12.7 Å². The van der Waals surface area contributed by atoms with Gasteiger partial charge in [-0.05, 0) is 57.8 Å². The Kier molecular flexibility index (Phi) is 38.6. The van der Waals surface area contributed by atoms with Crippen LogP contribution < -0.4 is 0 Å². The predicted molar refractivity (Wildman–Crippen MR) is 224 cm³/mol. The van der Waals surface area contributed by atoms with Crippen molar-refractivity contribution in [1.82, 2.24) is 0 Å². The monoisotopic (exact) mass is 799 g/mol. The molecular formula is C44H79O10P. The van der Waals surface area contributed by atoms with Crippen molar-refractivity contribution in [3.05, 3.63) is 48.6 Å². The second-order valence-corrected chi connectivity index (χ2v) is 15.8. The minimum atomic E-state index is -4.62. The van der Waals surface area contributed by atoms with E-state index in [1.54, 1.807) is 0 Å². The van der Waals surface area contributed by atoms with Gasteiger partial charge in [-0.25, -0.2) is 4.57 Å². The molecule has 0 rings (SSSR count). The summed E-state index contributed by atoms with van der Waals surface area (Å²) >= 11 is 0. The Hall–Kier alpha value is -2.07. The lowest BCUT2D eigenvalue weighted by molar-refractivity contribution is -0.161. The molecule has 0 radical (unpaired) electrons. The summed E-state index contributed by atoms with van der Waals surface area (Å²) in [6.07, 6.45) is 42.2. The summed E-state index contributed by atoms with van der Waals surface area (Å²) in [6.45, 7) is 2.21. The van der Waals surface area contributed by atoms with E-state index in [4.69, 9.17) is 19.1 Å². The van der Waals surface area contributed by atoms with Gasteiger partial charge >= 0.3 is 19.8 Å². The molecule has 0 aromatic rings. The topological polar surface area (TPSA) is 149 Å². The highest BCUT2D eigenvalue weighted by molar-refractivity contribution is 7.47. The summed E-state index contributed by atoms with van der Waals surface area (Å²) in [5.74, 6) is -0.954. The van der Waals surface area contributed by atoms with E-state index in [9.17, 15) is 24.2 Å². The van der Waals surface area contributed by atoms with E-state index < -0.39 is 51.8 Å². The van der Waals surface area contributed by atoms with E-state index in [-0.39, 0.29) is 19.4 Å². The molecule has 10 nitrogen and oxygen atoms in total. The second-order valence-electron chi connectivity index (χ2n) is 14.4. The van der Waals surface area contributed by atoms with Crippen LogP contribution in [0.15, 0.2) is 48.6 Å². The Morgan fingerprint density at radius 2 is 1.02 bits per heavy atom. The van der Waals surface area contributed by atoms with Gasteiger partial charge in [0, 0.05) is 12.8 Å². The summed E-state index contributed by atoms with van der Waals surface area (Å²) in [5, 5.41) is 18.3. The number of allylic oxidation sites excluding steroid dienone is 8. The summed E-state index contributed by atoms with van der Waals surface area (Å²) in [4.78, 5) is 34.9. The fourth-order valence-corrected chi connectivity index (χ4v) is 6.48. The van der Waals surface area contributed by atoms with Gasteiger partial charge in [-0.15, -0.1) is 0 Å². The zero-order valence-corrected chi connectivity index (χ0v) is 35.5. The largest absolute Gasteiger partial charge is 0.472 e. The third kappa shape index (κ3) is 39.9. The number of carbonyl (C=O) groups excluding carboxylic acids is 2. The van der Waals surface area contributed by atoms with E-state index in [0.29, 0.717) is 12.8 Å². The molecule has 0 bridgehead atoms. The smallest absolute Gasteiger partial charge is 0.462 e. The minimum Gasteiger partial charge on any atom is -0.462 e. The van der Waals surface area contributed by atoms with E-state index in [2.05, 4.69) is 48.8 Å². The molecule has 0 aromatic heterocycles. The van der Waals surface area contributed by atoms with Crippen LogP contribution >= 0.6 is 7.82 Å². The first kappa shape index (κ1) is 52.9. The summed E-state index contributed by atoms with van der Waals surface area (Å²) in [7, 11) is -4.62. The van der Waals surface area contributed by atoms with Crippen molar-refractivity contribution < 1.29 is 47.8 Å². The average Bonchev–Trinajstić information content (AvgIpc) is 3.17. The molecule has 320 valence electrons. The molecule has 0 aliphatic heterocycles. The molecule has 55 heavy (non-hydrogen) atoms. The van der Waals surface area contributed by atoms with Crippen LogP contribution in [0.2, 0.25) is 0 Å². The molecule has 0 aliphatic carbocycles. The average molecular weight is 799 g/mol. The highest BCUT2D eigenvalue weighted by Gasteiger charge is 2.27. The maximum Gasteiger partial charge on any atom is 0.472 e. The fourth-order valence-electron chi connectivity index (χ4n) is 5.69. The quantitative estimate of drug-likeness (QED) is 0.0180. The third-order valence-electron chi connectivity index (χ3n) is 9.03. The Balaban J connectivity index is 4.28. The lowest BCUT2D eigenvalue weighted by Gasteiger charge is -2.20. The van der Waals surface area contributed by atoms with Crippen molar-refractivity contribution in [3.8, 4) is 0 Å². The van der Waals surface area contributed by atoms with Gasteiger partial charge in [0.25, 0.3) is 0 Å². The number of unbranched alkanes of at least 4 members (excludes halogenated alkanes) is 20. The lowest BCUT2D eigenvalue weighted by Crippen LogP contribution is -2.29. The third-order valence-corrected chi connectivity index (χ3v) is 9.98. The standard InChI is InChI=1S/C44H79O10P/c1-3-5-7-9-11-13-15-17-18-19-20-21-22-24-25-27-29-31-33-35-43(47)51-39-42(40-53-55(49,50)52-38-41(46)37-45)54-44(48)36-34-32-30-28-26-23-16-14-12-10-8-6-4-2/h6,8,10,12,14,16,19-20,41-42,45-46H,3-5,7,9,11,13,15,17-18,21-40H2,1-2H3,(H,49,50)/b8-6+,12-10+,16-14+,20-19+/t41-,42?/m1/s1. The van der Waals surface area contributed by atoms with E-state index in [1.807, 2.05) is 18.2 Å². The number of aliphatic hydroxyl groups is 2. The van der Waals surface area contributed by atoms with Crippen molar-refractivity contribution in [1.29, 1.82) is 0 Å². The van der Waals surface area contributed by atoms with Crippen LogP contribution in [0.1, 0.15) is 181 Å². The second kappa shape index (κ2) is 40.1. The van der Waals surface area contributed by atoms with Crippen LogP contribution in [0, 0.1) is 0 Å². The molecule has 0 heterocycles. The number of rotatable bonds is 40. The molecule has 0 saturated heterocycles. The minimum absolute atomic E-state index is 0.159. The number of hydrogen-bond donors (Lipinski definition) is 3. The Labute approximate surface area is 334 Å². The van der Waals surface area contributed by atoms with Crippen LogP contribution in [0.4, 0.5) is 0 Å². The van der Waals surface area contributed by atoms with Crippen LogP contribution in [0.25, 0.3) is 0 Å². The molecule has 3 atom stereocenters. The first-order valence-electron chi connectivity index (χ1n) is 21.6. The van der Waals surface area contributed by atoms with Crippen LogP contribution in [-0.2, 0) is 32.7 Å². The van der Waals surface area contributed by atoms with E-state index in [0.717, 1.165) is 64.2 Å². The zero-order valence-electron chi connectivity index (χ0n) is 34.6. The molecule has 0 spiro atoms. The molecule has 0 fully saturated rings. The van der Waals surface area contributed by atoms with Gasteiger partial charge in [0.05, 0.1) is 19.8 Å². The van der Waals surface area contributed by atoms with Crippen LogP contribution in [0.3, 0.4) is 0 Å². The maximum atomic E-state index is 12.6. The molecule has 2 unspecified atom stereocenters. The van der Waals surface area contributed by atoms with Crippen molar-refractivity contribution in [2.75, 3.05) is 26.4 Å². The number of esters is 2. The molecule has 3 N–H and O–H groups in total. The normalized spacial score (nSPS) is 14.3. The van der Waals surface area contributed by atoms with Gasteiger partial charge < -0.3 is 24.6 Å². The number of carbonyl (C=O) groups is 2. The summed E-state index contributed by atoms with van der Waals surface area (Å²) < 4.78 is 32.7.